The molecule has 3 atom stereocenters. The smallest absolute Gasteiger partial charge is 0.271 e. The zero-order valence-corrected chi connectivity index (χ0v) is 16.2. The van der Waals surface area contributed by atoms with Gasteiger partial charge in [-0.2, -0.15) is 5.10 Å². The summed E-state index contributed by atoms with van der Waals surface area (Å²) in [6.07, 6.45) is 8.75. The van der Waals surface area contributed by atoms with E-state index in [0.717, 1.165) is 6.42 Å². The SMILES string of the molecule is CCOc1cc(C(=O)N/N=C/C2CC3C=CC2C3)cc(OCC)c1OCC. The van der Waals surface area contributed by atoms with Crippen LogP contribution in [0.5, 0.6) is 17.2 Å². The summed E-state index contributed by atoms with van der Waals surface area (Å²) in [6, 6.07) is 3.34. The van der Waals surface area contributed by atoms with Gasteiger partial charge in [0.05, 0.1) is 19.8 Å². The van der Waals surface area contributed by atoms with E-state index in [0.29, 0.717) is 60.4 Å². The van der Waals surface area contributed by atoms with E-state index < -0.39 is 0 Å². The van der Waals surface area contributed by atoms with Crippen molar-refractivity contribution in [2.75, 3.05) is 19.8 Å². The second-order valence-corrected chi connectivity index (χ2v) is 6.76. The average Bonchev–Trinajstić information content (AvgIpc) is 3.27. The molecular weight excluding hydrogens is 344 g/mol. The van der Waals surface area contributed by atoms with Gasteiger partial charge in [-0.25, -0.2) is 5.43 Å². The Kier molecular flexibility index (Phi) is 6.37. The van der Waals surface area contributed by atoms with Crippen molar-refractivity contribution in [2.24, 2.45) is 22.9 Å². The molecule has 3 unspecified atom stereocenters. The summed E-state index contributed by atoms with van der Waals surface area (Å²) >= 11 is 0. The topological polar surface area (TPSA) is 69.2 Å². The molecule has 1 amide bonds. The Morgan fingerprint density at radius 3 is 2.26 bits per heavy atom. The molecule has 0 aromatic heterocycles. The third-order valence-electron chi connectivity index (χ3n) is 4.93. The number of nitrogens with one attached hydrogen (secondary N) is 1. The van der Waals surface area contributed by atoms with E-state index in [1.807, 2.05) is 27.0 Å². The Morgan fingerprint density at radius 2 is 1.74 bits per heavy atom. The zero-order valence-electron chi connectivity index (χ0n) is 16.2. The molecule has 146 valence electrons. The molecular formula is C21H28N2O4. The third kappa shape index (κ3) is 4.43. The maximum absolute atomic E-state index is 12.6. The Labute approximate surface area is 160 Å². The first-order valence-corrected chi connectivity index (χ1v) is 9.74. The van der Waals surface area contributed by atoms with Crippen molar-refractivity contribution < 1.29 is 19.0 Å². The number of fused-ring (bicyclic) bond motifs is 2. The lowest BCUT2D eigenvalue weighted by atomic mass is 9.95. The Morgan fingerprint density at radius 1 is 1.07 bits per heavy atom. The van der Waals surface area contributed by atoms with Gasteiger partial charge in [-0.05, 0) is 57.6 Å². The zero-order chi connectivity index (χ0) is 19.2. The van der Waals surface area contributed by atoms with Crippen LogP contribution in [0.25, 0.3) is 0 Å². The minimum atomic E-state index is -0.296. The van der Waals surface area contributed by atoms with Gasteiger partial charge in [0.25, 0.3) is 5.91 Å². The van der Waals surface area contributed by atoms with E-state index in [-0.39, 0.29) is 5.91 Å². The summed E-state index contributed by atoms with van der Waals surface area (Å²) in [5.74, 6) is 2.88. The lowest BCUT2D eigenvalue weighted by Gasteiger charge is -2.16. The van der Waals surface area contributed by atoms with Crippen LogP contribution in [-0.4, -0.2) is 31.9 Å². The molecule has 1 aromatic rings. The molecule has 1 N–H and O–H groups in total. The van der Waals surface area contributed by atoms with E-state index in [2.05, 4.69) is 22.7 Å². The van der Waals surface area contributed by atoms with Crippen LogP contribution in [0.1, 0.15) is 44.0 Å². The molecule has 0 spiro atoms. The quantitative estimate of drug-likeness (QED) is 0.407. The molecule has 0 aliphatic heterocycles. The molecule has 2 bridgehead atoms. The van der Waals surface area contributed by atoms with Crippen molar-refractivity contribution in [3.05, 3.63) is 29.8 Å². The molecule has 0 heterocycles. The van der Waals surface area contributed by atoms with E-state index in [9.17, 15) is 4.79 Å². The Bertz CT molecular complexity index is 702. The van der Waals surface area contributed by atoms with E-state index in [1.54, 1.807) is 12.1 Å². The van der Waals surface area contributed by atoms with Gasteiger partial charge in [0.15, 0.2) is 11.5 Å². The molecule has 1 fully saturated rings. The monoisotopic (exact) mass is 372 g/mol. The van der Waals surface area contributed by atoms with Crippen LogP contribution in [0.15, 0.2) is 29.4 Å². The van der Waals surface area contributed by atoms with Gasteiger partial charge in [-0.1, -0.05) is 12.2 Å². The highest BCUT2D eigenvalue weighted by Gasteiger charge is 2.34. The first-order valence-electron chi connectivity index (χ1n) is 9.74. The number of hydrogen-bond acceptors (Lipinski definition) is 5. The van der Waals surface area contributed by atoms with Crippen LogP contribution >= 0.6 is 0 Å². The first-order chi connectivity index (χ1) is 13.2. The predicted molar refractivity (Wildman–Crippen MR) is 105 cm³/mol. The second kappa shape index (κ2) is 8.93. The molecule has 3 rings (SSSR count). The van der Waals surface area contributed by atoms with Crippen LogP contribution in [0.3, 0.4) is 0 Å². The Balaban J connectivity index is 1.73. The fraction of sp³-hybridized carbons (Fsp3) is 0.524. The lowest BCUT2D eigenvalue weighted by molar-refractivity contribution is 0.0953. The summed E-state index contributed by atoms with van der Waals surface area (Å²) in [6.45, 7) is 7.08. The lowest BCUT2D eigenvalue weighted by Crippen LogP contribution is -2.20. The number of benzene rings is 1. The minimum absolute atomic E-state index is 0.296. The normalized spacial score (nSPS) is 23.0. The van der Waals surface area contributed by atoms with Crippen molar-refractivity contribution >= 4 is 12.1 Å². The summed E-state index contributed by atoms with van der Waals surface area (Å²) in [5, 5.41) is 4.19. The third-order valence-corrected chi connectivity index (χ3v) is 4.93. The molecule has 6 nitrogen and oxygen atoms in total. The fourth-order valence-electron chi connectivity index (χ4n) is 3.77. The molecule has 2 aliphatic rings. The van der Waals surface area contributed by atoms with Gasteiger partial charge in [-0.15, -0.1) is 0 Å². The number of allylic oxidation sites excluding steroid dienone is 2. The number of carbonyl (C=O) groups is 1. The van der Waals surface area contributed by atoms with Crippen LogP contribution < -0.4 is 19.6 Å². The number of carbonyl (C=O) groups excluding carboxylic acids is 1. The maximum atomic E-state index is 12.6. The highest BCUT2D eigenvalue weighted by atomic mass is 16.5. The van der Waals surface area contributed by atoms with Crippen molar-refractivity contribution in [1.82, 2.24) is 5.43 Å². The molecule has 0 saturated heterocycles. The highest BCUT2D eigenvalue weighted by Crippen LogP contribution is 2.42. The summed E-state index contributed by atoms with van der Waals surface area (Å²) in [7, 11) is 0. The van der Waals surface area contributed by atoms with E-state index in [4.69, 9.17) is 14.2 Å². The summed E-state index contributed by atoms with van der Waals surface area (Å²) in [5.41, 5.74) is 3.06. The highest BCUT2D eigenvalue weighted by molar-refractivity contribution is 5.95. The van der Waals surface area contributed by atoms with Crippen LogP contribution in [0.4, 0.5) is 0 Å². The first kappa shape index (κ1) is 19.3. The molecule has 2 aliphatic carbocycles. The van der Waals surface area contributed by atoms with Crippen molar-refractivity contribution in [3.8, 4) is 17.2 Å². The van der Waals surface area contributed by atoms with Gasteiger partial charge < -0.3 is 14.2 Å². The van der Waals surface area contributed by atoms with Gasteiger partial charge in [-0.3, -0.25) is 4.79 Å². The van der Waals surface area contributed by atoms with Gasteiger partial charge in [0, 0.05) is 17.7 Å². The van der Waals surface area contributed by atoms with Crippen molar-refractivity contribution in [1.29, 1.82) is 0 Å². The number of hydrogen-bond donors (Lipinski definition) is 1. The van der Waals surface area contributed by atoms with Crippen LogP contribution in [0, 0.1) is 17.8 Å². The van der Waals surface area contributed by atoms with Crippen LogP contribution in [0.2, 0.25) is 0 Å². The fourth-order valence-corrected chi connectivity index (χ4v) is 3.77. The second-order valence-electron chi connectivity index (χ2n) is 6.76. The standard InChI is InChI=1S/C21H28N2O4/c1-4-25-18-11-16(12-19(26-5-2)20(18)27-6-3)21(24)23-22-13-17-10-14-7-8-15(17)9-14/h7-8,11-15,17H,4-6,9-10H2,1-3H3,(H,23,24)/b22-13+. The van der Waals surface area contributed by atoms with Gasteiger partial charge in [0.2, 0.25) is 5.75 Å². The minimum Gasteiger partial charge on any atom is -0.490 e. The van der Waals surface area contributed by atoms with Gasteiger partial charge >= 0.3 is 0 Å². The average molecular weight is 372 g/mol. The maximum Gasteiger partial charge on any atom is 0.271 e. The number of rotatable bonds is 9. The number of nitrogens with zero attached hydrogens (tertiary/aromatic N) is 1. The van der Waals surface area contributed by atoms with Gasteiger partial charge in [0.1, 0.15) is 0 Å². The van der Waals surface area contributed by atoms with Crippen LogP contribution in [-0.2, 0) is 0 Å². The largest absolute Gasteiger partial charge is 0.490 e. The number of hydrazone groups is 1. The summed E-state index contributed by atoms with van der Waals surface area (Å²) < 4.78 is 17.0. The molecule has 1 aromatic carbocycles. The number of ether oxygens (including phenoxy) is 3. The summed E-state index contributed by atoms with van der Waals surface area (Å²) in [4.78, 5) is 12.6. The Hall–Kier alpha value is -2.50. The molecule has 6 heteroatoms. The molecule has 1 saturated carbocycles. The molecule has 27 heavy (non-hydrogen) atoms. The van der Waals surface area contributed by atoms with Crippen molar-refractivity contribution in [2.45, 2.75) is 33.6 Å². The predicted octanol–water partition coefficient (Wildman–Crippen LogP) is 3.81. The molecule has 0 radical (unpaired) electrons. The van der Waals surface area contributed by atoms with E-state index >= 15 is 0 Å². The van der Waals surface area contributed by atoms with Crippen molar-refractivity contribution in [3.63, 3.8) is 0 Å². The van der Waals surface area contributed by atoms with E-state index in [1.165, 1.54) is 6.42 Å². The number of amides is 1.